The molecule has 0 unspecified atom stereocenters. The van der Waals surface area contributed by atoms with Crippen molar-refractivity contribution in [1.82, 2.24) is 0 Å². The van der Waals surface area contributed by atoms with Gasteiger partial charge in [0.15, 0.2) is 5.82 Å². The van der Waals surface area contributed by atoms with Gasteiger partial charge in [-0.05, 0) is 24.3 Å². The van der Waals surface area contributed by atoms with E-state index in [1.54, 1.807) is 0 Å². The van der Waals surface area contributed by atoms with Gasteiger partial charge in [-0.2, -0.15) is 0 Å². The van der Waals surface area contributed by atoms with Crippen LogP contribution >= 0.6 is 11.6 Å². The Balaban J connectivity index is 2.05. The van der Waals surface area contributed by atoms with E-state index >= 15 is 0 Å². The fourth-order valence-electron chi connectivity index (χ4n) is 1.46. The summed E-state index contributed by atoms with van der Waals surface area (Å²) in [6.07, 6.45) is 2.29. The maximum Gasteiger partial charge on any atom is 0.433 e. The smallest absolute Gasteiger partial charge is 0.401 e. The van der Waals surface area contributed by atoms with Gasteiger partial charge in [0, 0.05) is 6.08 Å². The van der Waals surface area contributed by atoms with Crippen LogP contribution in [-0.4, -0.2) is 10.8 Å². The van der Waals surface area contributed by atoms with Gasteiger partial charge < -0.3 is 9.73 Å². The Labute approximate surface area is 123 Å². The van der Waals surface area contributed by atoms with E-state index in [4.69, 9.17) is 16.0 Å². The zero-order valence-corrected chi connectivity index (χ0v) is 11.1. The number of rotatable bonds is 4. The minimum Gasteiger partial charge on any atom is -0.401 e. The second kappa shape index (κ2) is 6.19. The molecule has 6 nitrogen and oxygen atoms in total. The van der Waals surface area contributed by atoms with E-state index in [1.807, 2.05) is 0 Å². The first kappa shape index (κ1) is 14.7. The average Bonchev–Trinajstić information content (AvgIpc) is 2.91. The first-order valence-corrected chi connectivity index (χ1v) is 6.02. The molecular formula is C13H8ClFN2O4. The summed E-state index contributed by atoms with van der Waals surface area (Å²) in [4.78, 5) is 21.3. The van der Waals surface area contributed by atoms with Gasteiger partial charge in [0.25, 0.3) is 0 Å². The van der Waals surface area contributed by atoms with Crippen molar-refractivity contribution in [3.63, 3.8) is 0 Å². The molecule has 1 amide bonds. The lowest BCUT2D eigenvalue weighted by Crippen LogP contribution is -2.09. The van der Waals surface area contributed by atoms with E-state index in [9.17, 15) is 19.3 Å². The van der Waals surface area contributed by atoms with Gasteiger partial charge in [0.05, 0.1) is 16.8 Å². The van der Waals surface area contributed by atoms with Crippen LogP contribution in [0.15, 0.2) is 40.8 Å². The average molecular weight is 311 g/mol. The first-order chi connectivity index (χ1) is 9.97. The predicted molar refractivity (Wildman–Crippen MR) is 74.4 cm³/mol. The van der Waals surface area contributed by atoms with Gasteiger partial charge in [-0.3, -0.25) is 14.9 Å². The minimum absolute atomic E-state index is 0.0671. The monoisotopic (exact) mass is 310 g/mol. The summed E-state index contributed by atoms with van der Waals surface area (Å²) >= 11 is 5.58. The van der Waals surface area contributed by atoms with Crippen LogP contribution in [-0.2, 0) is 4.79 Å². The maximum absolute atomic E-state index is 13.6. The zero-order chi connectivity index (χ0) is 15.4. The van der Waals surface area contributed by atoms with Gasteiger partial charge in [-0.1, -0.05) is 17.7 Å². The molecule has 0 aliphatic carbocycles. The molecule has 0 atom stereocenters. The summed E-state index contributed by atoms with van der Waals surface area (Å²) in [5.74, 6) is -1.68. The third-order valence-corrected chi connectivity index (χ3v) is 2.69. The Morgan fingerprint density at radius 2 is 2.14 bits per heavy atom. The van der Waals surface area contributed by atoms with Gasteiger partial charge in [-0.15, -0.1) is 0 Å². The van der Waals surface area contributed by atoms with Crippen molar-refractivity contribution in [2.75, 3.05) is 5.32 Å². The standard InChI is InChI=1S/C13H8ClFN2O4/c14-9-2-1-3-10(13(9)15)16-11(18)6-4-8-5-7-12(21-8)17(19)20/h1-7H,(H,16,18)/b6-4+. The fraction of sp³-hybridized carbons (Fsp3) is 0. The predicted octanol–water partition coefficient (Wildman–Crippen LogP) is 3.63. The van der Waals surface area contributed by atoms with Crippen molar-refractivity contribution in [3.8, 4) is 0 Å². The lowest BCUT2D eigenvalue weighted by Gasteiger charge is -2.04. The number of nitro groups is 1. The van der Waals surface area contributed by atoms with Crippen molar-refractivity contribution < 1.29 is 18.5 Å². The molecule has 0 saturated heterocycles. The SMILES string of the molecule is O=C(/C=C/c1ccc([N+](=O)[O-])o1)Nc1cccc(Cl)c1F. The molecular weight excluding hydrogens is 303 g/mol. The van der Waals surface area contributed by atoms with Gasteiger partial charge in [-0.25, -0.2) is 4.39 Å². The molecule has 8 heteroatoms. The van der Waals surface area contributed by atoms with Crippen molar-refractivity contribution in [3.05, 3.63) is 63.1 Å². The number of amides is 1. The Kier molecular flexibility index (Phi) is 4.34. The van der Waals surface area contributed by atoms with Crippen LogP contribution in [0.2, 0.25) is 5.02 Å². The van der Waals surface area contributed by atoms with Crippen LogP contribution < -0.4 is 5.32 Å². The summed E-state index contributed by atoms with van der Waals surface area (Å²) in [7, 11) is 0. The van der Waals surface area contributed by atoms with Gasteiger partial charge in [0.2, 0.25) is 5.91 Å². The molecule has 1 heterocycles. The maximum atomic E-state index is 13.6. The highest BCUT2D eigenvalue weighted by Crippen LogP contribution is 2.22. The number of carbonyl (C=O) groups excluding carboxylic acids is 1. The lowest BCUT2D eigenvalue weighted by molar-refractivity contribution is -0.402. The van der Waals surface area contributed by atoms with E-state index in [1.165, 1.54) is 30.3 Å². The van der Waals surface area contributed by atoms with Crippen LogP contribution in [0.4, 0.5) is 16.0 Å². The molecule has 0 fully saturated rings. The summed E-state index contributed by atoms with van der Waals surface area (Å²) < 4.78 is 18.4. The molecule has 21 heavy (non-hydrogen) atoms. The second-order valence-electron chi connectivity index (χ2n) is 3.86. The van der Waals surface area contributed by atoms with Crippen molar-refractivity contribution in [2.24, 2.45) is 0 Å². The number of halogens is 2. The summed E-state index contributed by atoms with van der Waals surface area (Å²) in [6.45, 7) is 0. The third kappa shape index (κ3) is 3.67. The summed E-state index contributed by atoms with van der Waals surface area (Å²) in [5, 5.41) is 12.6. The fourth-order valence-corrected chi connectivity index (χ4v) is 1.64. The highest BCUT2D eigenvalue weighted by molar-refractivity contribution is 6.31. The first-order valence-electron chi connectivity index (χ1n) is 5.64. The molecule has 1 N–H and O–H groups in total. The highest BCUT2D eigenvalue weighted by atomic mass is 35.5. The van der Waals surface area contributed by atoms with E-state index in [0.29, 0.717) is 0 Å². The largest absolute Gasteiger partial charge is 0.433 e. The molecule has 0 radical (unpaired) electrons. The van der Waals surface area contributed by atoms with Crippen LogP contribution in [0.25, 0.3) is 6.08 Å². The summed E-state index contributed by atoms with van der Waals surface area (Å²) in [6, 6.07) is 6.69. The van der Waals surface area contributed by atoms with Crippen LogP contribution in [0.5, 0.6) is 0 Å². The molecule has 0 spiro atoms. The lowest BCUT2D eigenvalue weighted by atomic mass is 10.3. The van der Waals surface area contributed by atoms with E-state index in [0.717, 1.165) is 12.1 Å². The molecule has 0 saturated carbocycles. The number of nitrogens with zero attached hydrogens (tertiary/aromatic N) is 1. The van der Waals surface area contributed by atoms with Gasteiger partial charge >= 0.3 is 5.88 Å². The highest BCUT2D eigenvalue weighted by Gasteiger charge is 2.11. The van der Waals surface area contributed by atoms with Crippen molar-refractivity contribution in [1.29, 1.82) is 0 Å². The van der Waals surface area contributed by atoms with Crippen LogP contribution in [0.3, 0.4) is 0 Å². The molecule has 1 aromatic carbocycles. The third-order valence-electron chi connectivity index (χ3n) is 2.40. The Hall–Kier alpha value is -2.67. The molecule has 0 aliphatic rings. The Morgan fingerprint density at radius 3 is 2.81 bits per heavy atom. The Morgan fingerprint density at radius 1 is 1.38 bits per heavy atom. The topological polar surface area (TPSA) is 85.4 Å². The summed E-state index contributed by atoms with van der Waals surface area (Å²) in [5.41, 5.74) is -0.0671. The Bertz CT molecular complexity index is 727. The number of anilines is 1. The van der Waals surface area contributed by atoms with Crippen LogP contribution in [0.1, 0.15) is 5.76 Å². The molecule has 0 bridgehead atoms. The number of hydrogen-bond donors (Lipinski definition) is 1. The van der Waals surface area contributed by atoms with Crippen LogP contribution in [0, 0.1) is 15.9 Å². The number of benzene rings is 1. The normalized spacial score (nSPS) is 10.8. The molecule has 108 valence electrons. The van der Waals surface area contributed by atoms with Crippen molar-refractivity contribution >= 4 is 35.2 Å². The molecule has 2 aromatic rings. The van der Waals surface area contributed by atoms with Crippen molar-refractivity contribution in [2.45, 2.75) is 0 Å². The number of carbonyl (C=O) groups is 1. The minimum atomic E-state index is -0.741. The molecule has 0 aliphatic heterocycles. The van der Waals surface area contributed by atoms with Gasteiger partial charge in [0.1, 0.15) is 10.7 Å². The number of furan rings is 1. The van der Waals surface area contributed by atoms with E-state index in [-0.39, 0.29) is 16.5 Å². The molecule has 2 rings (SSSR count). The van der Waals surface area contributed by atoms with E-state index < -0.39 is 22.5 Å². The molecule has 1 aromatic heterocycles. The second-order valence-corrected chi connectivity index (χ2v) is 4.26. The number of nitrogens with one attached hydrogen (secondary N) is 1. The van der Waals surface area contributed by atoms with E-state index in [2.05, 4.69) is 5.32 Å². The quantitative estimate of drug-likeness (QED) is 0.531. The number of hydrogen-bond acceptors (Lipinski definition) is 4. The zero-order valence-electron chi connectivity index (χ0n) is 10.4.